The molecule has 18 rings (SSSR count). The summed E-state index contributed by atoms with van der Waals surface area (Å²) in [5.41, 5.74) is 17.3. The van der Waals surface area contributed by atoms with Crippen molar-refractivity contribution in [2.75, 3.05) is 0 Å². The van der Waals surface area contributed by atoms with Crippen molar-refractivity contribution in [1.29, 1.82) is 0 Å². The third kappa shape index (κ3) is 8.93. The second-order valence-electron chi connectivity index (χ2n) is 21.4. The molecule has 0 saturated heterocycles. The normalized spacial score (nSPS) is 11.8. The van der Waals surface area contributed by atoms with Crippen LogP contribution in [0.2, 0.25) is 5.15 Å². The fraction of sp³-hybridized carbons (Fsp3) is 0.0130. The average molecular weight is 1110 g/mol. The van der Waals surface area contributed by atoms with E-state index < -0.39 is 0 Å². The van der Waals surface area contributed by atoms with Crippen LogP contribution >= 0.6 is 11.6 Å². The molecule has 1 aliphatic carbocycles. The van der Waals surface area contributed by atoms with Crippen LogP contribution in [0.5, 0.6) is 0 Å². The lowest BCUT2D eigenvalue weighted by atomic mass is 9.99. The van der Waals surface area contributed by atoms with Crippen molar-refractivity contribution in [3.05, 3.63) is 295 Å². The molecule has 0 N–H and O–H groups in total. The van der Waals surface area contributed by atoms with Crippen LogP contribution in [0, 0.1) is 0 Å². The molecule has 0 saturated carbocycles. The van der Waals surface area contributed by atoms with E-state index in [0.29, 0.717) is 16.8 Å². The summed E-state index contributed by atoms with van der Waals surface area (Å²) in [5.74, 6) is 2.17. The van der Waals surface area contributed by atoms with Gasteiger partial charge in [0.2, 0.25) is 0 Å². The van der Waals surface area contributed by atoms with Crippen molar-refractivity contribution in [1.82, 2.24) is 24.5 Å². The van der Waals surface area contributed by atoms with Crippen LogP contribution in [0.15, 0.2) is 288 Å². The van der Waals surface area contributed by atoms with Crippen LogP contribution in [0.3, 0.4) is 0 Å². The molecule has 0 spiro atoms. The quantitative estimate of drug-likeness (QED) is 0.160. The van der Waals surface area contributed by atoms with Crippen LogP contribution in [0.25, 0.3) is 149 Å². The summed E-state index contributed by atoms with van der Waals surface area (Å²) in [6.07, 6.45) is 1.03. The first-order valence-electron chi connectivity index (χ1n) is 28.4. The molecule has 0 bridgehead atoms. The Kier molecular flexibility index (Phi) is 12.2. The second kappa shape index (κ2) is 20.8. The molecule has 0 fully saturated rings. The first kappa shape index (κ1) is 49.8. The Hall–Kier alpha value is -11.0. The van der Waals surface area contributed by atoms with Gasteiger partial charge in [0.1, 0.15) is 33.3 Å². The van der Waals surface area contributed by atoms with Crippen LogP contribution in [-0.2, 0) is 6.42 Å². The molecular weight excluding hydrogens is 1060 g/mol. The predicted octanol–water partition coefficient (Wildman–Crippen LogP) is 20.7. The van der Waals surface area contributed by atoms with Crippen molar-refractivity contribution in [3.8, 4) is 62.2 Å². The minimum absolute atomic E-state index is 0.452. The number of nitrogens with zero attached hydrogens (tertiary/aromatic N) is 5. The molecule has 0 atom stereocenters. The number of hydrogen-bond donors (Lipinski definition) is 0. The number of halogens is 1. The summed E-state index contributed by atoms with van der Waals surface area (Å²) in [7, 11) is 0. The highest BCUT2D eigenvalue weighted by Crippen LogP contribution is 2.43. The van der Waals surface area contributed by atoms with Gasteiger partial charge in [0.15, 0.2) is 11.6 Å². The van der Waals surface area contributed by atoms with E-state index in [1.165, 1.54) is 49.2 Å². The maximum absolute atomic E-state index is 6.42. The summed E-state index contributed by atoms with van der Waals surface area (Å²) >= 11 is 6.10. The molecule has 5 heterocycles. The van der Waals surface area contributed by atoms with E-state index in [1.54, 1.807) is 6.07 Å². The van der Waals surface area contributed by atoms with Gasteiger partial charge in [0.25, 0.3) is 0 Å². The molecule has 400 valence electrons. The van der Waals surface area contributed by atoms with E-state index in [-0.39, 0.29) is 0 Å². The minimum atomic E-state index is 0.452. The van der Waals surface area contributed by atoms with Crippen LogP contribution in [-0.4, -0.2) is 24.5 Å². The number of benzene rings is 12. The highest BCUT2D eigenvalue weighted by Gasteiger charge is 2.22. The Morgan fingerprint density at radius 2 is 0.812 bits per heavy atom. The maximum atomic E-state index is 6.42. The summed E-state index contributed by atoms with van der Waals surface area (Å²) in [5, 5.41) is 12.1. The lowest BCUT2D eigenvalue weighted by molar-refractivity contribution is 0.672. The first-order valence-corrected chi connectivity index (χ1v) is 28.8. The predicted molar refractivity (Wildman–Crippen MR) is 349 cm³/mol. The van der Waals surface area contributed by atoms with Crippen molar-refractivity contribution >= 4 is 98.8 Å². The Labute approximate surface area is 493 Å². The zero-order valence-electron chi connectivity index (χ0n) is 45.7. The smallest absolute Gasteiger partial charge is 0.162 e. The van der Waals surface area contributed by atoms with E-state index in [0.717, 1.165) is 106 Å². The van der Waals surface area contributed by atoms with Gasteiger partial charge in [-0.05, 0) is 88.0 Å². The molecule has 1 aliphatic rings. The number of hydrogen-bond acceptors (Lipinski definition) is 6. The first-order chi connectivity index (χ1) is 42.0. The molecule has 0 radical (unpaired) electrons. The molecule has 85 heavy (non-hydrogen) atoms. The van der Waals surface area contributed by atoms with Crippen LogP contribution in [0.1, 0.15) is 11.1 Å². The van der Waals surface area contributed by atoms with Gasteiger partial charge in [0, 0.05) is 77.5 Å². The summed E-state index contributed by atoms with van der Waals surface area (Å²) in [4.78, 5) is 19.0. The molecular formula is C77H48ClN5O2. The van der Waals surface area contributed by atoms with Gasteiger partial charge >= 0.3 is 0 Å². The Morgan fingerprint density at radius 3 is 1.44 bits per heavy atom. The van der Waals surface area contributed by atoms with Gasteiger partial charge in [-0.2, -0.15) is 0 Å². The molecule has 17 aromatic rings. The summed E-state index contributed by atoms with van der Waals surface area (Å²) < 4.78 is 14.9. The van der Waals surface area contributed by atoms with Crippen molar-refractivity contribution in [2.45, 2.75) is 6.42 Å². The number of rotatable bonds is 5. The van der Waals surface area contributed by atoms with E-state index >= 15 is 0 Å². The highest BCUT2D eigenvalue weighted by molar-refractivity contribution is 6.29. The number of aromatic nitrogens is 5. The molecule has 5 aromatic heterocycles. The summed E-state index contributed by atoms with van der Waals surface area (Å²) in [6, 6.07) is 95.9. The van der Waals surface area contributed by atoms with Crippen molar-refractivity contribution in [2.24, 2.45) is 0 Å². The Balaban J connectivity index is 0.000000115. The highest BCUT2D eigenvalue weighted by atomic mass is 35.5. The SMILES string of the molecule is Clc1cc(-c2ccccc2)nc(-c2ccccc2)n1.c1ccc(-c2cc(-n3c4ccccc4c4cc5c(ccc6c7ccccc7oc56)cc43)nc(-c3ccccc3)n2)cc1.c1ccc2c(c1)Cc1cc3ccc4c5ccccc5oc4c3cc1-2. The summed E-state index contributed by atoms with van der Waals surface area (Å²) in [6.45, 7) is 0. The zero-order chi connectivity index (χ0) is 56.4. The van der Waals surface area contributed by atoms with Crippen LogP contribution < -0.4 is 0 Å². The van der Waals surface area contributed by atoms with Gasteiger partial charge in [-0.25, -0.2) is 19.9 Å². The van der Waals surface area contributed by atoms with E-state index in [2.05, 4.69) is 166 Å². The third-order valence-electron chi connectivity index (χ3n) is 16.3. The number of furan rings is 2. The lowest BCUT2D eigenvalue weighted by Gasteiger charge is -2.12. The van der Waals surface area contributed by atoms with Gasteiger partial charge in [-0.1, -0.05) is 230 Å². The third-order valence-corrected chi connectivity index (χ3v) is 16.5. The lowest BCUT2D eigenvalue weighted by Crippen LogP contribution is -2.02. The molecule has 0 unspecified atom stereocenters. The average Bonchev–Trinajstić information content (AvgIpc) is 1.81. The largest absolute Gasteiger partial charge is 0.455 e. The zero-order valence-corrected chi connectivity index (χ0v) is 46.5. The monoisotopic (exact) mass is 1110 g/mol. The number of fused-ring (bicyclic) bond motifs is 16. The fourth-order valence-electron chi connectivity index (χ4n) is 12.3. The molecule has 7 nitrogen and oxygen atoms in total. The Morgan fingerprint density at radius 1 is 0.318 bits per heavy atom. The maximum Gasteiger partial charge on any atom is 0.162 e. The second-order valence-corrected chi connectivity index (χ2v) is 21.8. The van der Waals surface area contributed by atoms with Gasteiger partial charge in [0.05, 0.1) is 22.4 Å². The Bertz CT molecular complexity index is 5290. The number of para-hydroxylation sites is 3. The minimum Gasteiger partial charge on any atom is -0.455 e. The van der Waals surface area contributed by atoms with E-state index in [1.807, 2.05) is 121 Å². The van der Waals surface area contributed by atoms with Gasteiger partial charge < -0.3 is 8.83 Å². The topological polar surface area (TPSA) is 82.8 Å². The van der Waals surface area contributed by atoms with Crippen LogP contribution in [0.4, 0.5) is 0 Å². The van der Waals surface area contributed by atoms with Gasteiger partial charge in [-0.15, -0.1) is 0 Å². The molecule has 12 aromatic carbocycles. The molecule has 0 aliphatic heterocycles. The molecule has 0 amide bonds. The molecule has 8 heteroatoms. The van der Waals surface area contributed by atoms with Crippen molar-refractivity contribution < 1.29 is 8.83 Å². The van der Waals surface area contributed by atoms with E-state index in [9.17, 15) is 0 Å². The van der Waals surface area contributed by atoms with Gasteiger partial charge in [-0.3, -0.25) is 4.57 Å². The van der Waals surface area contributed by atoms with E-state index in [4.69, 9.17) is 30.4 Å². The standard InChI is InChI=1S/C38H23N3O.C23H14O.C16H11ClN2/c1-3-11-24(12-4-1)32-23-36(40-38(39-32)25-13-5-2-6-14-25)41-33-17-9-7-15-27(33)31-22-30-26(21-34(31)41)19-20-29-28-16-8-10-18-35(28)42-37(29)30;1-2-6-17-14(5-1)11-16-12-15-9-10-19-18-7-3-4-8-22(18)24-23(19)21(15)13-20(16)17;17-15-11-14(12-7-3-1-4-8-12)18-16(19-15)13-9-5-2-6-10-13/h1-23H;1-10,12-13H,11H2;1-11H. The fourth-order valence-corrected chi connectivity index (χ4v) is 12.5. The van der Waals surface area contributed by atoms with Crippen molar-refractivity contribution in [3.63, 3.8) is 0 Å².